The Morgan fingerprint density at radius 3 is 2.53 bits per heavy atom. The Morgan fingerprint density at radius 1 is 1.03 bits per heavy atom. The summed E-state index contributed by atoms with van der Waals surface area (Å²) >= 11 is 0. The van der Waals surface area contributed by atoms with Crippen molar-refractivity contribution in [2.24, 2.45) is 11.8 Å². The number of hydrogen-bond acceptors (Lipinski definition) is 5. The zero-order valence-electron chi connectivity index (χ0n) is 19.6. The molecule has 172 valence electrons. The molecule has 2 saturated heterocycles. The number of nitrogens with zero attached hydrogens (tertiary/aromatic N) is 4. The van der Waals surface area contributed by atoms with Gasteiger partial charge in [0, 0.05) is 25.2 Å². The van der Waals surface area contributed by atoms with Gasteiger partial charge in [-0.15, -0.1) is 10.2 Å². The van der Waals surface area contributed by atoms with Crippen molar-refractivity contribution in [1.29, 1.82) is 0 Å². The first-order valence-electron chi connectivity index (χ1n) is 12.2. The summed E-state index contributed by atoms with van der Waals surface area (Å²) in [4.78, 5) is 17.5. The summed E-state index contributed by atoms with van der Waals surface area (Å²) in [5, 5.41) is 12.1. The molecule has 2 fully saturated rings. The predicted molar refractivity (Wildman–Crippen MR) is 130 cm³/mol. The second-order valence-corrected chi connectivity index (χ2v) is 9.60. The van der Waals surface area contributed by atoms with Gasteiger partial charge in [-0.05, 0) is 76.7 Å². The third-order valence-electron chi connectivity index (χ3n) is 6.94. The van der Waals surface area contributed by atoms with E-state index >= 15 is 0 Å². The Bertz CT molecular complexity index is 859. The molecule has 1 aromatic carbocycles. The zero-order valence-corrected chi connectivity index (χ0v) is 19.6. The highest BCUT2D eigenvalue weighted by Crippen LogP contribution is 2.24. The summed E-state index contributed by atoms with van der Waals surface area (Å²) in [5.41, 5.74) is 3.19. The number of aromatic nitrogens is 2. The van der Waals surface area contributed by atoms with Crippen molar-refractivity contribution in [1.82, 2.24) is 20.4 Å². The lowest BCUT2D eigenvalue weighted by Crippen LogP contribution is -2.44. The van der Waals surface area contributed by atoms with E-state index in [-0.39, 0.29) is 11.8 Å². The minimum atomic E-state index is 0.0261. The number of benzene rings is 1. The molecule has 2 aliphatic rings. The molecule has 32 heavy (non-hydrogen) atoms. The van der Waals surface area contributed by atoms with Crippen LogP contribution in [0.5, 0.6) is 0 Å². The maximum absolute atomic E-state index is 12.7. The van der Waals surface area contributed by atoms with Crippen molar-refractivity contribution >= 4 is 11.7 Å². The van der Waals surface area contributed by atoms with E-state index in [1.54, 1.807) is 0 Å². The van der Waals surface area contributed by atoms with E-state index < -0.39 is 0 Å². The largest absolute Gasteiger partial charge is 0.356 e. The number of likely N-dealkylation sites (tertiary alicyclic amines) is 1. The van der Waals surface area contributed by atoms with Gasteiger partial charge in [0.2, 0.25) is 5.91 Å². The van der Waals surface area contributed by atoms with Gasteiger partial charge in [0.1, 0.15) is 0 Å². The van der Waals surface area contributed by atoms with Gasteiger partial charge < -0.3 is 15.1 Å². The lowest BCUT2D eigenvalue weighted by Gasteiger charge is -2.33. The van der Waals surface area contributed by atoms with Crippen LogP contribution in [0.3, 0.4) is 0 Å². The molecule has 1 N–H and O–H groups in total. The van der Waals surface area contributed by atoms with E-state index in [2.05, 4.69) is 63.4 Å². The predicted octanol–water partition coefficient (Wildman–Crippen LogP) is 3.91. The summed E-state index contributed by atoms with van der Waals surface area (Å²) in [7, 11) is 0. The van der Waals surface area contributed by atoms with E-state index in [0.717, 1.165) is 61.9 Å². The van der Waals surface area contributed by atoms with Crippen molar-refractivity contribution < 1.29 is 4.79 Å². The maximum Gasteiger partial charge on any atom is 0.224 e. The number of amides is 1. The molecule has 6 heteroatoms. The van der Waals surface area contributed by atoms with E-state index in [0.29, 0.717) is 6.54 Å². The standard InChI is InChI=1S/C26H37N5O/c1-20-6-8-22(9-7-20)24-10-11-25(29-28-24)31-16-3-5-23(19-31)26(32)27-14-4-15-30-17-12-21(2)13-18-30/h6-11,21,23H,3-5,12-19H2,1-2H3,(H,27,32)/t23-/m1/s1. The monoisotopic (exact) mass is 435 g/mol. The third kappa shape index (κ3) is 6.06. The van der Waals surface area contributed by atoms with Gasteiger partial charge in [-0.3, -0.25) is 4.79 Å². The second kappa shape index (κ2) is 10.9. The molecule has 2 aromatic rings. The van der Waals surface area contributed by atoms with Crippen LogP contribution in [0, 0.1) is 18.8 Å². The van der Waals surface area contributed by atoms with E-state index in [1.165, 1.54) is 31.5 Å². The van der Waals surface area contributed by atoms with Gasteiger partial charge in [0.05, 0.1) is 11.6 Å². The summed E-state index contributed by atoms with van der Waals surface area (Å²) < 4.78 is 0. The van der Waals surface area contributed by atoms with Gasteiger partial charge in [0.15, 0.2) is 5.82 Å². The van der Waals surface area contributed by atoms with Crippen LogP contribution in [-0.2, 0) is 4.79 Å². The first kappa shape index (κ1) is 22.7. The van der Waals surface area contributed by atoms with Crippen LogP contribution in [0.4, 0.5) is 5.82 Å². The number of anilines is 1. The summed E-state index contributed by atoms with van der Waals surface area (Å²) in [5.74, 6) is 1.94. The molecule has 2 aliphatic heterocycles. The molecule has 3 heterocycles. The molecule has 1 aromatic heterocycles. The topological polar surface area (TPSA) is 61.4 Å². The lowest BCUT2D eigenvalue weighted by atomic mass is 9.97. The van der Waals surface area contributed by atoms with E-state index in [1.807, 2.05) is 12.1 Å². The SMILES string of the molecule is Cc1ccc(-c2ccc(N3CCC[C@@H](C(=O)NCCCN4CCC(C)CC4)C3)nn2)cc1. The number of nitrogens with one attached hydrogen (secondary N) is 1. The number of aryl methyl sites for hydroxylation is 1. The normalized spacial score (nSPS) is 20.3. The Hall–Kier alpha value is -2.47. The van der Waals surface area contributed by atoms with Crippen LogP contribution in [0.1, 0.15) is 44.6 Å². The van der Waals surface area contributed by atoms with Gasteiger partial charge in [-0.1, -0.05) is 36.8 Å². The fourth-order valence-electron chi connectivity index (χ4n) is 4.72. The first-order chi connectivity index (χ1) is 15.6. The smallest absolute Gasteiger partial charge is 0.224 e. The summed E-state index contributed by atoms with van der Waals surface area (Å²) in [6.45, 7) is 10.3. The van der Waals surface area contributed by atoms with Gasteiger partial charge >= 0.3 is 0 Å². The van der Waals surface area contributed by atoms with Gasteiger partial charge in [-0.25, -0.2) is 0 Å². The fourth-order valence-corrected chi connectivity index (χ4v) is 4.72. The molecular weight excluding hydrogens is 398 g/mol. The molecule has 1 amide bonds. The van der Waals surface area contributed by atoms with Gasteiger partial charge in [0.25, 0.3) is 0 Å². The number of carbonyl (C=O) groups is 1. The summed E-state index contributed by atoms with van der Waals surface area (Å²) in [6.07, 6.45) is 5.59. The molecule has 0 aliphatic carbocycles. The Kier molecular flexibility index (Phi) is 7.74. The Morgan fingerprint density at radius 2 is 1.81 bits per heavy atom. The average Bonchev–Trinajstić information content (AvgIpc) is 2.83. The van der Waals surface area contributed by atoms with Crippen LogP contribution in [0.2, 0.25) is 0 Å². The highest BCUT2D eigenvalue weighted by atomic mass is 16.1. The van der Waals surface area contributed by atoms with Crippen molar-refractivity contribution in [3.63, 3.8) is 0 Å². The average molecular weight is 436 g/mol. The minimum Gasteiger partial charge on any atom is -0.356 e. The molecule has 0 bridgehead atoms. The molecule has 0 saturated carbocycles. The summed E-state index contributed by atoms with van der Waals surface area (Å²) in [6, 6.07) is 12.4. The van der Waals surface area contributed by atoms with Crippen LogP contribution in [0.25, 0.3) is 11.3 Å². The lowest BCUT2D eigenvalue weighted by molar-refractivity contribution is -0.125. The number of hydrogen-bond donors (Lipinski definition) is 1. The van der Waals surface area contributed by atoms with E-state index in [9.17, 15) is 4.79 Å². The second-order valence-electron chi connectivity index (χ2n) is 9.60. The Balaban J connectivity index is 1.23. The molecule has 1 atom stereocenters. The molecule has 6 nitrogen and oxygen atoms in total. The van der Waals surface area contributed by atoms with Gasteiger partial charge in [-0.2, -0.15) is 0 Å². The highest BCUT2D eigenvalue weighted by molar-refractivity contribution is 5.79. The zero-order chi connectivity index (χ0) is 22.3. The van der Waals surface area contributed by atoms with Crippen molar-refractivity contribution in [2.75, 3.05) is 44.2 Å². The van der Waals surface area contributed by atoms with Crippen LogP contribution < -0.4 is 10.2 Å². The molecule has 0 spiro atoms. The number of rotatable bonds is 7. The third-order valence-corrected chi connectivity index (χ3v) is 6.94. The van der Waals surface area contributed by atoms with Crippen LogP contribution in [0.15, 0.2) is 36.4 Å². The molecule has 4 rings (SSSR count). The van der Waals surface area contributed by atoms with Crippen LogP contribution in [-0.4, -0.2) is 60.3 Å². The van der Waals surface area contributed by atoms with Crippen molar-refractivity contribution in [3.05, 3.63) is 42.0 Å². The number of piperidine rings is 2. The first-order valence-corrected chi connectivity index (χ1v) is 12.2. The Labute approximate surface area is 192 Å². The fraction of sp³-hybridized carbons (Fsp3) is 0.577. The highest BCUT2D eigenvalue weighted by Gasteiger charge is 2.26. The maximum atomic E-state index is 12.7. The van der Waals surface area contributed by atoms with Crippen molar-refractivity contribution in [3.8, 4) is 11.3 Å². The molecule has 0 unspecified atom stereocenters. The van der Waals surface area contributed by atoms with Crippen molar-refractivity contribution in [2.45, 2.75) is 46.0 Å². The van der Waals surface area contributed by atoms with E-state index in [4.69, 9.17) is 0 Å². The molecular formula is C26H37N5O. The number of carbonyl (C=O) groups excluding carboxylic acids is 1. The quantitative estimate of drug-likeness (QED) is 0.668. The van der Waals surface area contributed by atoms with Crippen LogP contribution >= 0.6 is 0 Å². The molecule has 0 radical (unpaired) electrons. The minimum absolute atomic E-state index is 0.0261.